The van der Waals surface area contributed by atoms with Gasteiger partial charge in [0.05, 0.1) is 31.5 Å². The van der Waals surface area contributed by atoms with Crippen LogP contribution in [0.2, 0.25) is 5.02 Å². The van der Waals surface area contributed by atoms with Gasteiger partial charge >= 0.3 is 0 Å². The van der Waals surface area contributed by atoms with Crippen LogP contribution < -0.4 is 5.32 Å². The van der Waals surface area contributed by atoms with Gasteiger partial charge in [0.15, 0.2) is 0 Å². The van der Waals surface area contributed by atoms with Crippen LogP contribution in [0.4, 0.5) is 0 Å². The Morgan fingerprint density at radius 2 is 2.03 bits per heavy atom. The Morgan fingerprint density at radius 1 is 1.24 bits per heavy atom. The molecule has 1 N–H and O–H groups in total. The smallest absolute Gasteiger partial charge is 0.244 e. The fourth-order valence-corrected chi connectivity index (χ4v) is 5.15. The summed E-state index contributed by atoms with van der Waals surface area (Å²) in [5.41, 5.74) is 3.86. The average Bonchev–Trinajstić information content (AvgIpc) is 3.44. The van der Waals surface area contributed by atoms with Crippen molar-refractivity contribution in [2.75, 3.05) is 32.8 Å². The van der Waals surface area contributed by atoms with Gasteiger partial charge in [-0.05, 0) is 43.0 Å². The van der Waals surface area contributed by atoms with Crippen molar-refractivity contribution in [2.45, 2.75) is 26.4 Å². The molecular formula is C25H29ClN4O2S. The molecule has 1 fully saturated rings. The van der Waals surface area contributed by atoms with Crippen LogP contribution in [0.15, 0.2) is 47.9 Å². The first-order valence-electron chi connectivity index (χ1n) is 11.1. The maximum Gasteiger partial charge on any atom is 0.244 e. The van der Waals surface area contributed by atoms with E-state index in [-0.39, 0.29) is 11.9 Å². The third-order valence-electron chi connectivity index (χ3n) is 5.94. The van der Waals surface area contributed by atoms with Crippen molar-refractivity contribution >= 4 is 34.9 Å². The summed E-state index contributed by atoms with van der Waals surface area (Å²) >= 11 is 8.03. The average molecular weight is 485 g/mol. The third kappa shape index (κ3) is 5.92. The van der Waals surface area contributed by atoms with E-state index in [4.69, 9.17) is 16.3 Å². The molecular weight excluding hydrogens is 456 g/mol. The number of nitrogens with one attached hydrogen (secondary N) is 1. The molecule has 2 aromatic heterocycles. The van der Waals surface area contributed by atoms with E-state index in [1.54, 1.807) is 17.4 Å². The Balaban J connectivity index is 1.41. The second-order valence-electron chi connectivity index (χ2n) is 8.09. The third-order valence-corrected chi connectivity index (χ3v) is 7.29. The molecule has 1 unspecified atom stereocenters. The number of ether oxygens (including phenoxy) is 1. The van der Waals surface area contributed by atoms with Crippen molar-refractivity contribution in [3.63, 3.8) is 0 Å². The van der Waals surface area contributed by atoms with Crippen LogP contribution in [0.25, 0.3) is 6.08 Å². The second kappa shape index (κ2) is 11.1. The quantitative estimate of drug-likeness (QED) is 0.479. The van der Waals surface area contributed by atoms with Gasteiger partial charge in [0.1, 0.15) is 0 Å². The van der Waals surface area contributed by atoms with Crippen LogP contribution in [-0.4, -0.2) is 53.4 Å². The summed E-state index contributed by atoms with van der Waals surface area (Å²) in [6, 6.07) is 12.1. The lowest BCUT2D eigenvalue weighted by Crippen LogP contribution is -2.43. The lowest BCUT2D eigenvalue weighted by Gasteiger charge is -2.34. The summed E-state index contributed by atoms with van der Waals surface area (Å²) in [5.74, 6) is -0.109. The molecule has 3 heterocycles. The summed E-state index contributed by atoms with van der Waals surface area (Å²) < 4.78 is 7.43. The normalized spacial score (nSPS) is 15.7. The Labute approximate surface area is 203 Å². The molecule has 4 rings (SSSR count). The number of thiophene rings is 1. The van der Waals surface area contributed by atoms with Gasteiger partial charge in [-0.2, -0.15) is 5.10 Å². The molecule has 1 aromatic carbocycles. The number of carbonyl (C=O) groups is 1. The number of aryl methyl sites for hydroxylation is 1. The number of amides is 1. The van der Waals surface area contributed by atoms with E-state index in [0.717, 1.165) is 53.8 Å². The molecule has 0 aliphatic carbocycles. The van der Waals surface area contributed by atoms with Gasteiger partial charge in [0.2, 0.25) is 5.91 Å². The van der Waals surface area contributed by atoms with Gasteiger partial charge in [-0.1, -0.05) is 35.9 Å². The molecule has 0 spiro atoms. The number of aromatic nitrogens is 2. The Bertz CT molecular complexity index is 1100. The van der Waals surface area contributed by atoms with Gasteiger partial charge in [0.25, 0.3) is 0 Å². The number of benzene rings is 1. The van der Waals surface area contributed by atoms with Crippen LogP contribution in [0.1, 0.15) is 33.4 Å². The zero-order valence-corrected chi connectivity index (χ0v) is 20.5. The van der Waals surface area contributed by atoms with Gasteiger partial charge in [-0.15, -0.1) is 11.3 Å². The fourth-order valence-electron chi connectivity index (χ4n) is 4.09. The monoisotopic (exact) mass is 484 g/mol. The number of hydrogen-bond donors (Lipinski definition) is 1. The van der Waals surface area contributed by atoms with Gasteiger partial charge < -0.3 is 10.1 Å². The highest BCUT2D eigenvalue weighted by molar-refractivity contribution is 7.10. The lowest BCUT2D eigenvalue weighted by atomic mass is 10.1. The molecule has 0 saturated carbocycles. The minimum Gasteiger partial charge on any atom is -0.379 e. The minimum absolute atomic E-state index is 0.109. The molecule has 0 bridgehead atoms. The van der Waals surface area contributed by atoms with Crippen LogP contribution in [-0.2, 0) is 16.1 Å². The molecule has 1 aliphatic rings. The zero-order chi connectivity index (χ0) is 23.2. The van der Waals surface area contributed by atoms with Crippen molar-refractivity contribution in [3.8, 4) is 0 Å². The van der Waals surface area contributed by atoms with Gasteiger partial charge in [0, 0.05) is 46.9 Å². The number of hydrogen-bond acceptors (Lipinski definition) is 5. The number of rotatable bonds is 8. The van der Waals surface area contributed by atoms with E-state index in [2.05, 4.69) is 32.8 Å². The van der Waals surface area contributed by atoms with E-state index in [0.29, 0.717) is 13.1 Å². The zero-order valence-electron chi connectivity index (χ0n) is 19.0. The molecule has 1 aliphatic heterocycles. The van der Waals surface area contributed by atoms with E-state index in [9.17, 15) is 4.79 Å². The standard InChI is InChI=1S/C25H29ClN4O2S/c1-18-21(19(2)30(28-18)17-20-6-3-4-7-22(20)26)9-10-25(31)27-16-23(24-8-5-15-33-24)29-11-13-32-14-12-29/h3-10,15,23H,11-14,16-17H2,1-2H3,(H,27,31)/b10-9+. The summed E-state index contributed by atoms with van der Waals surface area (Å²) in [7, 11) is 0. The summed E-state index contributed by atoms with van der Waals surface area (Å²) in [5, 5.41) is 10.5. The predicted molar refractivity (Wildman–Crippen MR) is 134 cm³/mol. The molecule has 3 aromatic rings. The van der Waals surface area contributed by atoms with E-state index in [1.807, 2.05) is 48.9 Å². The number of halogens is 1. The van der Waals surface area contributed by atoms with E-state index in [1.165, 1.54) is 4.88 Å². The summed E-state index contributed by atoms with van der Waals surface area (Å²) in [6.07, 6.45) is 3.45. The number of morpholine rings is 1. The predicted octanol–water partition coefficient (Wildman–Crippen LogP) is 4.47. The highest BCUT2D eigenvalue weighted by Gasteiger charge is 2.23. The molecule has 8 heteroatoms. The maximum atomic E-state index is 12.7. The molecule has 6 nitrogen and oxygen atoms in total. The van der Waals surface area contributed by atoms with Crippen LogP contribution in [0.3, 0.4) is 0 Å². The van der Waals surface area contributed by atoms with Crippen LogP contribution >= 0.6 is 22.9 Å². The topological polar surface area (TPSA) is 59.4 Å². The fraction of sp³-hybridized carbons (Fsp3) is 0.360. The van der Waals surface area contributed by atoms with Crippen LogP contribution in [0.5, 0.6) is 0 Å². The highest BCUT2D eigenvalue weighted by Crippen LogP contribution is 2.25. The van der Waals surface area contributed by atoms with Crippen LogP contribution in [0, 0.1) is 13.8 Å². The molecule has 174 valence electrons. The summed E-state index contributed by atoms with van der Waals surface area (Å²) in [6.45, 7) is 8.33. The Hall–Kier alpha value is -2.45. The van der Waals surface area contributed by atoms with Gasteiger partial charge in [-0.3, -0.25) is 14.4 Å². The van der Waals surface area contributed by atoms with E-state index < -0.39 is 0 Å². The van der Waals surface area contributed by atoms with Crippen molar-refractivity contribution in [1.29, 1.82) is 0 Å². The van der Waals surface area contributed by atoms with Crippen molar-refractivity contribution in [3.05, 3.63) is 80.3 Å². The Kier molecular flexibility index (Phi) is 7.98. The SMILES string of the molecule is Cc1nn(Cc2ccccc2Cl)c(C)c1/C=C/C(=O)NCC(c1cccs1)N1CCOCC1. The number of nitrogens with zero attached hydrogens (tertiary/aromatic N) is 3. The van der Waals surface area contributed by atoms with E-state index >= 15 is 0 Å². The van der Waals surface area contributed by atoms with Gasteiger partial charge in [-0.25, -0.2) is 0 Å². The first-order valence-corrected chi connectivity index (χ1v) is 12.4. The van der Waals surface area contributed by atoms with Crippen molar-refractivity contribution < 1.29 is 9.53 Å². The first kappa shape index (κ1) is 23.7. The second-order valence-corrected chi connectivity index (χ2v) is 9.48. The highest BCUT2D eigenvalue weighted by atomic mass is 35.5. The summed E-state index contributed by atoms with van der Waals surface area (Å²) in [4.78, 5) is 16.3. The Morgan fingerprint density at radius 3 is 2.76 bits per heavy atom. The molecule has 1 amide bonds. The molecule has 1 atom stereocenters. The first-order chi connectivity index (χ1) is 16.0. The minimum atomic E-state index is -0.109. The van der Waals surface area contributed by atoms with Crippen molar-refractivity contribution in [2.24, 2.45) is 0 Å². The lowest BCUT2D eigenvalue weighted by molar-refractivity contribution is -0.116. The molecule has 0 radical (unpaired) electrons. The number of carbonyl (C=O) groups excluding carboxylic acids is 1. The molecule has 1 saturated heterocycles. The maximum absolute atomic E-state index is 12.7. The van der Waals surface area contributed by atoms with Crippen molar-refractivity contribution in [1.82, 2.24) is 20.0 Å². The largest absolute Gasteiger partial charge is 0.379 e. The molecule has 33 heavy (non-hydrogen) atoms.